The maximum absolute atomic E-state index is 12.5. The molecular formula is C13H16N6O9S2. The van der Waals surface area contributed by atoms with E-state index in [1.54, 1.807) is 0 Å². The quantitative estimate of drug-likeness (QED) is 0.108. The van der Waals surface area contributed by atoms with Crippen molar-refractivity contribution in [3.05, 3.63) is 11.1 Å². The molecule has 1 aliphatic rings. The van der Waals surface area contributed by atoms with Crippen LogP contribution in [0.3, 0.4) is 0 Å². The fraction of sp³-hybridized carbons (Fsp3) is 0.385. The molecule has 3 amide bonds. The summed E-state index contributed by atoms with van der Waals surface area (Å²) in [6, 6.07) is -3.04. The summed E-state index contributed by atoms with van der Waals surface area (Å²) in [5.74, 6) is -4.49. The topological polar surface area (TPSA) is 231 Å². The molecule has 1 aromatic heterocycles. The van der Waals surface area contributed by atoms with Gasteiger partial charge in [-0.15, -0.1) is 11.3 Å². The van der Waals surface area contributed by atoms with Crippen molar-refractivity contribution in [2.24, 2.45) is 5.16 Å². The maximum atomic E-state index is 12.5. The highest BCUT2D eigenvalue weighted by Crippen LogP contribution is 2.26. The summed E-state index contributed by atoms with van der Waals surface area (Å²) < 4.78 is 32.1. The summed E-state index contributed by atoms with van der Waals surface area (Å²) in [5.41, 5.74) is 5.15. The Morgan fingerprint density at radius 2 is 2.10 bits per heavy atom. The van der Waals surface area contributed by atoms with Gasteiger partial charge in [-0.1, -0.05) is 5.16 Å². The van der Waals surface area contributed by atoms with Crippen LogP contribution >= 0.6 is 11.3 Å². The molecule has 0 unspecified atom stereocenters. The van der Waals surface area contributed by atoms with Crippen LogP contribution in [0.4, 0.5) is 5.13 Å². The highest BCUT2D eigenvalue weighted by atomic mass is 32.2. The number of carbonyl (C=O) groups is 4. The van der Waals surface area contributed by atoms with Crippen LogP contribution in [0.2, 0.25) is 0 Å². The largest absolute Gasteiger partial charge is 0.480 e. The van der Waals surface area contributed by atoms with E-state index in [4.69, 9.17) is 10.8 Å². The minimum Gasteiger partial charge on any atom is -0.480 e. The molecule has 0 radical (unpaired) electrons. The van der Waals surface area contributed by atoms with Crippen molar-refractivity contribution in [1.82, 2.24) is 19.9 Å². The Hall–Kier alpha value is -3.31. The summed E-state index contributed by atoms with van der Waals surface area (Å²) in [4.78, 5) is 55.5. The number of nitrogens with zero attached hydrogens (tertiary/aromatic N) is 3. The Morgan fingerprint density at radius 3 is 2.60 bits per heavy atom. The van der Waals surface area contributed by atoms with Gasteiger partial charge in [0.15, 0.2) is 10.8 Å². The van der Waals surface area contributed by atoms with Gasteiger partial charge in [0.2, 0.25) is 5.91 Å². The Balaban J connectivity index is 2.21. The first-order valence-electron chi connectivity index (χ1n) is 7.88. The smallest absolute Gasteiger partial charge is 0.362 e. The molecule has 0 spiro atoms. The second-order valence-corrected chi connectivity index (χ2v) is 7.88. The first-order valence-corrected chi connectivity index (χ1v) is 10.2. The predicted molar refractivity (Wildman–Crippen MR) is 99.4 cm³/mol. The number of thiazole rings is 1. The number of amides is 3. The summed E-state index contributed by atoms with van der Waals surface area (Å²) in [6.07, 6.45) is -0.718. The van der Waals surface area contributed by atoms with Gasteiger partial charge in [0.05, 0.1) is 12.5 Å². The number of rotatable bonds is 9. The lowest BCUT2D eigenvalue weighted by molar-refractivity contribution is -0.147. The van der Waals surface area contributed by atoms with E-state index in [1.165, 1.54) is 5.38 Å². The third-order valence-corrected chi connectivity index (χ3v) is 5.32. The first kappa shape index (κ1) is 23.0. The number of hydrogen-bond donors (Lipinski definition) is 5. The molecular weight excluding hydrogens is 448 g/mol. The van der Waals surface area contributed by atoms with Crippen LogP contribution in [0.1, 0.15) is 12.1 Å². The van der Waals surface area contributed by atoms with Crippen molar-refractivity contribution < 1.29 is 42.1 Å². The van der Waals surface area contributed by atoms with E-state index in [9.17, 15) is 32.1 Å². The number of nitrogens with one attached hydrogen (secondary N) is 2. The number of carboxylic acid groups (broad SMARTS) is 1. The van der Waals surface area contributed by atoms with Crippen LogP contribution in [0.25, 0.3) is 0 Å². The van der Waals surface area contributed by atoms with Crippen LogP contribution in [0.5, 0.6) is 0 Å². The molecule has 0 bridgehead atoms. The van der Waals surface area contributed by atoms with Gasteiger partial charge in [0.25, 0.3) is 11.8 Å². The number of nitrogens with two attached hydrogens (primary N) is 1. The summed E-state index contributed by atoms with van der Waals surface area (Å²) in [6.45, 7) is -0.752. The molecule has 30 heavy (non-hydrogen) atoms. The molecule has 1 aromatic rings. The Morgan fingerprint density at radius 1 is 1.43 bits per heavy atom. The number of β-lactam (4-membered cyclic amide) rings is 1. The average molecular weight is 464 g/mol. The second-order valence-electron chi connectivity index (χ2n) is 5.70. The lowest BCUT2D eigenvalue weighted by Gasteiger charge is -2.43. The van der Waals surface area contributed by atoms with Crippen LogP contribution in [-0.4, -0.2) is 82.5 Å². The van der Waals surface area contributed by atoms with Crippen molar-refractivity contribution in [3.63, 3.8) is 0 Å². The third-order valence-electron chi connectivity index (χ3n) is 3.70. The van der Waals surface area contributed by atoms with Crippen molar-refractivity contribution in [1.29, 1.82) is 0 Å². The number of carbonyl (C=O) groups excluding carboxylic acids is 3. The molecule has 1 saturated heterocycles. The highest BCUT2D eigenvalue weighted by Gasteiger charge is 2.54. The van der Waals surface area contributed by atoms with Gasteiger partial charge in [-0.2, -0.15) is 8.42 Å². The zero-order chi connectivity index (χ0) is 22.6. The summed E-state index contributed by atoms with van der Waals surface area (Å²) in [5, 5.41) is 17.8. The molecule has 164 valence electrons. The van der Waals surface area contributed by atoms with Crippen LogP contribution < -0.4 is 16.4 Å². The molecule has 2 atom stereocenters. The zero-order valence-electron chi connectivity index (χ0n) is 15.1. The standard InChI is InChI=1S/C13H16N6O9S2/c1-28-18-9(5-4-29-13(14)16-5)11(23)17-10-6(2-7(20)15-3-8(21)22)19(12(10)24)30(25,26)27/h4,6,10H,2-3H2,1H3,(H2,14,16)(H,15,20)(H,17,23)(H,21,22)(H,25,26,27)/b18-9-/t6-,10-/m0/s1. The summed E-state index contributed by atoms with van der Waals surface area (Å²) in [7, 11) is -3.89. The SMILES string of the molecule is CO/N=C(\C(=O)N[C@@H]1C(=O)N(S(=O)(=O)O)[C@H]1CC(=O)NCC(=O)O)c1csc(N)n1. The number of hydrogen-bond acceptors (Lipinski definition) is 11. The molecule has 0 saturated carbocycles. The Kier molecular flexibility index (Phi) is 6.90. The molecule has 15 nitrogen and oxygen atoms in total. The fourth-order valence-corrected chi connectivity index (χ4v) is 3.93. The zero-order valence-corrected chi connectivity index (χ0v) is 16.8. The Labute approximate surface area is 172 Å². The van der Waals surface area contributed by atoms with E-state index >= 15 is 0 Å². The lowest BCUT2D eigenvalue weighted by atomic mass is 9.94. The van der Waals surface area contributed by atoms with Crippen LogP contribution in [0.15, 0.2) is 10.5 Å². The number of aromatic nitrogens is 1. The van der Waals surface area contributed by atoms with Gasteiger partial charge in [-0.3, -0.25) is 23.7 Å². The second kappa shape index (κ2) is 9.01. The van der Waals surface area contributed by atoms with Gasteiger partial charge in [0.1, 0.15) is 25.4 Å². The molecule has 6 N–H and O–H groups in total. The van der Waals surface area contributed by atoms with E-state index in [-0.39, 0.29) is 20.8 Å². The van der Waals surface area contributed by atoms with Crippen molar-refractivity contribution in [2.75, 3.05) is 19.4 Å². The minimum absolute atomic E-state index is 0.00621. The molecule has 0 aromatic carbocycles. The van der Waals surface area contributed by atoms with Gasteiger partial charge in [-0.05, 0) is 0 Å². The van der Waals surface area contributed by atoms with Crippen LogP contribution in [-0.2, 0) is 34.3 Å². The van der Waals surface area contributed by atoms with E-state index in [1.807, 2.05) is 5.32 Å². The summed E-state index contributed by atoms with van der Waals surface area (Å²) >= 11 is 0.998. The molecule has 2 heterocycles. The van der Waals surface area contributed by atoms with E-state index < -0.39 is 59.0 Å². The number of carboxylic acids is 1. The molecule has 1 aliphatic heterocycles. The predicted octanol–water partition coefficient (Wildman–Crippen LogP) is -2.83. The van der Waals surface area contributed by atoms with Gasteiger partial charge < -0.3 is 26.3 Å². The molecule has 1 fully saturated rings. The van der Waals surface area contributed by atoms with E-state index in [0.717, 1.165) is 18.4 Å². The van der Waals surface area contributed by atoms with E-state index in [0.29, 0.717) is 0 Å². The molecule has 0 aliphatic carbocycles. The first-order chi connectivity index (χ1) is 14.0. The number of anilines is 1. The van der Waals surface area contributed by atoms with Gasteiger partial charge in [0, 0.05) is 5.38 Å². The maximum Gasteiger partial charge on any atom is 0.362 e. The molecule has 17 heteroatoms. The lowest BCUT2D eigenvalue weighted by Crippen LogP contribution is -2.73. The van der Waals surface area contributed by atoms with Crippen molar-refractivity contribution in [3.8, 4) is 0 Å². The van der Waals surface area contributed by atoms with Crippen molar-refractivity contribution in [2.45, 2.75) is 18.5 Å². The van der Waals surface area contributed by atoms with Gasteiger partial charge >= 0.3 is 16.3 Å². The number of nitrogen functional groups attached to an aromatic ring is 1. The van der Waals surface area contributed by atoms with Gasteiger partial charge in [-0.25, -0.2) is 9.29 Å². The third kappa shape index (κ3) is 5.19. The molecule has 2 rings (SSSR count). The average Bonchev–Trinajstić information content (AvgIpc) is 3.06. The fourth-order valence-electron chi connectivity index (χ4n) is 2.50. The number of aliphatic carboxylic acids is 1. The van der Waals surface area contributed by atoms with Crippen molar-refractivity contribution >= 4 is 56.2 Å². The highest BCUT2D eigenvalue weighted by molar-refractivity contribution is 7.84. The minimum atomic E-state index is -5.04. The monoisotopic (exact) mass is 464 g/mol. The van der Waals surface area contributed by atoms with Crippen LogP contribution in [0, 0.1) is 0 Å². The normalized spacial score (nSPS) is 19.1. The Bertz CT molecular complexity index is 1000. The van der Waals surface area contributed by atoms with E-state index in [2.05, 4.69) is 20.3 Å². The number of oxime groups is 1.